The molecular formula is C11H18N4O. The topological polar surface area (TPSA) is 59.0 Å². The minimum Gasteiger partial charge on any atom is -0.353 e. The lowest BCUT2D eigenvalue weighted by molar-refractivity contribution is -0.124. The van der Waals surface area contributed by atoms with Crippen LogP contribution in [-0.2, 0) is 4.79 Å². The highest BCUT2D eigenvalue weighted by Gasteiger charge is 2.20. The molecule has 0 aliphatic heterocycles. The lowest BCUT2D eigenvalue weighted by Crippen LogP contribution is -2.36. The van der Waals surface area contributed by atoms with Crippen LogP contribution in [0.5, 0.6) is 0 Å². The summed E-state index contributed by atoms with van der Waals surface area (Å²) in [5.74, 6) is 0.0151. The Labute approximate surface area is 95.2 Å². The van der Waals surface area contributed by atoms with Gasteiger partial charge >= 0.3 is 0 Å². The van der Waals surface area contributed by atoms with Gasteiger partial charge in [0.2, 0.25) is 5.91 Å². The van der Waals surface area contributed by atoms with Gasteiger partial charge in [0.1, 0.15) is 6.04 Å². The fourth-order valence-electron chi connectivity index (χ4n) is 1.53. The zero-order valence-corrected chi connectivity index (χ0v) is 9.52. The van der Waals surface area contributed by atoms with E-state index in [1.807, 2.05) is 13.0 Å². The van der Waals surface area contributed by atoms with Crippen LogP contribution in [0.2, 0.25) is 0 Å². The molecule has 1 aromatic rings. The number of carbonyl (C=O) groups is 1. The molecule has 88 valence electrons. The van der Waals surface area contributed by atoms with Gasteiger partial charge in [-0.15, -0.1) is 0 Å². The lowest BCUT2D eigenvalue weighted by Gasteiger charge is -2.12. The molecule has 1 atom stereocenters. The van der Waals surface area contributed by atoms with Crippen LogP contribution >= 0.6 is 0 Å². The van der Waals surface area contributed by atoms with Crippen LogP contribution in [0.15, 0.2) is 18.5 Å². The second-order valence-corrected chi connectivity index (χ2v) is 4.18. The summed E-state index contributed by atoms with van der Waals surface area (Å²) in [5.41, 5.74) is 0. The van der Waals surface area contributed by atoms with Gasteiger partial charge in [0.15, 0.2) is 0 Å². The molecule has 5 heteroatoms. The third-order valence-electron chi connectivity index (χ3n) is 2.74. The van der Waals surface area contributed by atoms with Crippen LogP contribution in [0.25, 0.3) is 0 Å². The molecular weight excluding hydrogens is 204 g/mol. The maximum Gasteiger partial charge on any atom is 0.244 e. The van der Waals surface area contributed by atoms with Crippen LogP contribution in [0.1, 0.15) is 25.8 Å². The molecule has 1 fully saturated rings. The minimum atomic E-state index is -0.240. The second-order valence-electron chi connectivity index (χ2n) is 4.18. The SMILES string of the molecule is CC(C(=O)NCCNC1CC1)n1cccn1. The Morgan fingerprint density at radius 1 is 1.56 bits per heavy atom. The predicted molar refractivity (Wildman–Crippen MR) is 61.0 cm³/mol. The quantitative estimate of drug-likeness (QED) is 0.681. The Hall–Kier alpha value is -1.36. The minimum absolute atomic E-state index is 0.0151. The summed E-state index contributed by atoms with van der Waals surface area (Å²) in [6.45, 7) is 3.37. The normalized spacial score (nSPS) is 17.1. The molecule has 0 radical (unpaired) electrons. The Morgan fingerprint density at radius 3 is 3.00 bits per heavy atom. The number of carbonyl (C=O) groups excluding carboxylic acids is 1. The summed E-state index contributed by atoms with van der Waals surface area (Å²) >= 11 is 0. The molecule has 1 aromatic heterocycles. The van der Waals surface area contributed by atoms with Crippen molar-refractivity contribution < 1.29 is 4.79 Å². The highest BCUT2D eigenvalue weighted by Crippen LogP contribution is 2.17. The van der Waals surface area contributed by atoms with Gasteiger partial charge in [-0.25, -0.2) is 0 Å². The van der Waals surface area contributed by atoms with Crippen molar-refractivity contribution in [1.82, 2.24) is 20.4 Å². The molecule has 0 aromatic carbocycles. The highest BCUT2D eigenvalue weighted by atomic mass is 16.2. The fourth-order valence-corrected chi connectivity index (χ4v) is 1.53. The number of hydrogen-bond acceptors (Lipinski definition) is 3. The standard InChI is InChI=1S/C11H18N4O/c1-9(15-8-2-5-14-15)11(16)13-7-6-12-10-3-4-10/h2,5,8-10,12H,3-4,6-7H2,1H3,(H,13,16). The van der Waals surface area contributed by atoms with E-state index in [0.717, 1.165) is 6.54 Å². The van der Waals surface area contributed by atoms with Crippen molar-refractivity contribution in [1.29, 1.82) is 0 Å². The Balaban J connectivity index is 1.66. The van der Waals surface area contributed by atoms with Gasteiger partial charge in [-0.3, -0.25) is 9.48 Å². The van der Waals surface area contributed by atoms with Gasteiger partial charge in [-0.1, -0.05) is 0 Å². The first-order valence-corrected chi connectivity index (χ1v) is 5.77. The summed E-state index contributed by atoms with van der Waals surface area (Å²) in [4.78, 5) is 11.7. The summed E-state index contributed by atoms with van der Waals surface area (Å²) in [6, 6.07) is 2.27. The number of aromatic nitrogens is 2. The van der Waals surface area contributed by atoms with Crippen LogP contribution in [0.3, 0.4) is 0 Å². The van der Waals surface area contributed by atoms with Gasteiger partial charge in [0.25, 0.3) is 0 Å². The van der Waals surface area contributed by atoms with Crippen LogP contribution in [-0.4, -0.2) is 34.8 Å². The number of amides is 1. The molecule has 1 amide bonds. The summed E-state index contributed by atoms with van der Waals surface area (Å²) in [7, 11) is 0. The molecule has 5 nitrogen and oxygen atoms in total. The van der Waals surface area contributed by atoms with E-state index in [4.69, 9.17) is 0 Å². The van der Waals surface area contributed by atoms with E-state index in [1.54, 1.807) is 17.1 Å². The molecule has 1 unspecified atom stereocenters. The van der Waals surface area contributed by atoms with E-state index in [-0.39, 0.29) is 11.9 Å². The third kappa shape index (κ3) is 3.06. The van der Waals surface area contributed by atoms with Crippen molar-refractivity contribution in [2.45, 2.75) is 31.8 Å². The molecule has 0 bridgehead atoms. The van der Waals surface area contributed by atoms with E-state index in [2.05, 4.69) is 15.7 Å². The second kappa shape index (κ2) is 5.12. The van der Waals surface area contributed by atoms with Crippen molar-refractivity contribution in [3.63, 3.8) is 0 Å². The van der Waals surface area contributed by atoms with Gasteiger partial charge in [0, 0.05) is 31.5 Å². The maximum absolute atomic E-state index is 11.7. The molecule has 2 rings (SSSR count). The average molecular weight is 222 g/mol. The zero-order valence-electron chi connectivity index (χ0n) is 9.52. The van der Waals surface area contributed by atoms with Crippen LogP contribution < -0.4 is 10.6 Å². The Bertz CT molecular complexity index is 332. The van der Waals surface area contributed by atoms with Gasteiger partial charge in [0.05, 0.1) is 0 Å². The molecule has 16 heavy (non-hydrogen) atoms. The predicted octanol–water partition coefficient (Wildman–Crippen LogP) is 0.312. The van der Waals surface area contributed by atoms with Crippen LogP contribution in [0, 0.1) is 0 Å². The number of hydrogen-bond donors (Lipinski definition) is 2. The van der Waals surface area contributed by atoms with E-state index in [0.29, 0.717) is 12.6 Å². The fraction of sp³-hybridized carbons (Fsp3) is 0.636. The molecule has 0 saturated heterocycles. The number of nitrogens with zero attached hydrogens (tertiary/aromatic N) is 2. The summed E-state index contributed by atoms with van der Waals surface area (Å²) < 4.78 is 1.66. The van der Waals surface area contributed by atoms with Crippen molar-refractivity contribution in [3.8, 4) is 0 Å². The van der Waals surface area contributed by atoms with Crippen molar-refractivity contribution in [2.75, 3.05) is 13.1 Å². The van der Waals surface area contributed by atoms with E-state index in [1.165, 1.54) is 12.8 Å². The third-order valence-corrected chi connectivity index (χ3v) is 2.74. The molecule has 0 spiro atoms. The zero-order chi connectivity index (χ0) is 11.4. The highest BCUT2D eigenvalue weighted by molar-refractivity contribution is 5.79. The molecule has 1 aliphatic carbocycles. The molecule has 1 aliphatic rings. The largest absolute Gasteiger partial charge is 0.353 e. The first-order valence-electron chi connectivity index (χ1n) is 5.77. The van der Waals surface area contributed by atoms with E-state index < -0.39 is 0 Å². The van der Waals surface area contributed by atoms with Gasteiger partial charge in [-0.05, 0) is 25.8 Å². The monoisotopic (exact) mass is 222 g/mol. The Kier molecular flexibility index (Phi) is 3.56. The Morgan fingerprint density at radius 2 is 2.38 bits per heavy atom. The number of nitrogens with one attached hydrogen (secondary N) is 2. The first-order chi connectivity index (χ1) is 7.77. The molecule has 2 N–H and O–H groups in total. The van der Waals surface area contributed by atoms with Crippen molar-refractivity contribution in [2.24, 2.45) is 0 Å². The maximum atomic E-state index is 11.7. The van der Waals surface area contributed by atoms with E-state index in [9.17, 15) is 4.79 Å². The molecule has 1 saturated carbocycles. The average Bonchev–Trinajstić information content (AvgIpc) is 2.95. The molecule has 1 heterocycles. The van der Waals surface area contributed by atoms with Crippen molar-refractivity contribution in [3.05, 3.63) is 18.5 Å². The van der Waals surface area contributed by atoms with Gasteiger partial charge in [-0.2, -0.15) is 5.10 Å². The van der Waals surface area contributed by atoms with Crippen molar-refractivity contribution >= 4 is 5.91 Å². The smallest absolute Gasteiger partial charge is 0.244 e. The van der Waals surface area contributed by atoms with E-state index >= 15 is 0 Å². The van der Waals surface area contributed by atoms with Gasteiger partial charge < -0.3 is 10.6 Å². The number of rotatable bonds is 6. The van der Waals surface area contributed by atoms with Crippen LogP contribution in [0.4, 0.5) is 0 Å². The lowest BCUT2D eigenvalue weighted by atomic mass is 10.3. The first kappa shape index (κ1) is 11.1. The summed E-state index contributed by atoms with van der Waals surface area (Å²) in [6.07, 6.45) is 6.03. The summed E-state index contributed by atoms with van der Waals surface area (Å²) in [5, 5.41) is 10.3.